The van der Waals surface area contributed by atoms with Crippen LogP contribution in [0.25, 0.3) is 11.0 Å². The number of halogens is 3. The Kier molecular flexibility index (Phi) is 5.95. The minimum absolute atomic E-state index is 0.0494. The average molecular weight is 420 g/mol. The van der Waals surface area contributed by atoms with Crippen molar-refractivity contribution in [3.63, 3.8) is 0 Å². The summed E-state index contributed by atoms with van der Waals surface area (Å²) in [6.45, 7) is 1.37. The van der Waals surface area contributed by atoms with E-state index in [1.807, 2.05) is 0 Å². The van der Waals surface area contributed by atoms with Crippen LogP contribution in [0, 0.1) is 0 Å². The lowest BCUT2D eigenvalue weighted by Gasteiger charge is -2.17. The quantitative estimate of drug-likeness (QED) is 0.528. The zero-order valence-electron chi connectivity index (χ0n) is 16.1. The lowest BCUT2D eigenvalue weighted by Crippen LogP contribution is -2.33. The highest BCUT2D eigenvalue weighted by Gasteiger charge is 2.31. The molecular formula is C20H19F3N4O3. The number of rotatable bonds is 6. The van der Waals surface area contributed by atoms with E-state index >= 15 is 0 Å². The number of aromatic nitrogens is 2. The predicted octanol–water partition coefficient (Wildman–Crippen LogP) is 3.74. The van der Waals surface area contributed by atoms with E-state index in [2.05, 4.69) is 20.6 Å². The number of esters is 1. The first-order chi connectivity index (χ1) is 14.2. The average Bonchev–Trinajstić information content (AvgIpc) is 3.09. The van der Waals surface area contributed by atoms with Crippen LogP contribution in [0.15, 0.2) is 42.5 Å². The van der Waals surface area contributed by atoms with Gasteiger partial charge in [0.25, 0.3) is 0 Å². The molecule has 0 bridgehead atoms. The van der Waals surface area contributed by atoms with E-state index in [0.717, 1.165) is 12.1 Å². The molecular weight excluding hydrogens is 401 g/mol. The first-order valence-electron chi connectivity index (χ1n) is 8.94. The minimum atomic E-state index is -4.48. The fraction of sp³-hybridized carbons (Fsp3) is 0.250. The van der Waals surface area contributed by atoms with Crippen molar-refractivity contribution in [3.8, 4) is 0 Å². The number of anilines is 2. The van der Waals surface area contributed by atoms with E-state index in [9.17, 15) is 22.8 Å². The van der Waals surface area contributed by atoms with Gasteiger partial charge in [0.1, 0.15) is 11.6 Å². The van der Waals surface area contributed by atoms with Crippen LogP contribution in [0.2, 0.25) is 0 Å². The Hall–Kier alpha value is -3.56. The third-order valence-corrected chi connectivity index (χ3v) is 4.31. The summed E-state index contributed by atoms with van der Waals surface area (Å²) in [6.07, 6.45) is -4.53. The molecule has 1 unspecified atom stereocenters. The number of nitrogens with zero attached hydrogens (tertiary/aromatic N) is 1. The molecule has 0 aliphatic heterocycles. The smallest absolute Gasteiger partial charge is 0.416 e. The van der Waals surface area contributed by atoms with Gasteiger partial charge in [0, 0.05) is 13.3 Å². The number of amides is 1. The number of H-pyrrole nitrogens is 1. The van der Waals surface area contributed by atoms with Crippen LogP contribution >= 0.6 is 0 Å². The molecule has 1 aromatic heterocycles. The summed E-state index contributed by atoms with van der Waals surface area (Å²) in [7, 11) is 1.19. The largest absolute Gasteiger partial charge is 0.467 e. The van der Waals surface area contributed by atoms with Gasteiger partial charge in [0.2, 0.25) is 11.9 Å². The lowest BCUT2D eigenvalue weighted by molar-refractivity contribution is -0.141. The maximum atomic E-state index is 13.0. The van der Waals surface area contributed by atoms with Crippen molar-refractivity contribution >= 4 is 34.5 Å². The maximum Gasteiger partial charge on any atom is 0.416 e. The number of carbonyl (C=O) groups excluding carboxylic acids is 2. The highest BCUT2D eigenvalue weighted by molar-refractivity contribution is 5.99. The van der Waals surface area contributed by atoms with Gasteiger partial charge in [-0.1, -0.05) is 24.3 Å². The van der Waals surface area contributed by atoms with Crippen molar-refractivity contribution in [1.82, 2.24) is 9.97 Å². The van der Waals surface area contributed by atoms with Crippen molar-refractivity contribution in [2.75, 3.05) is 17.7 Å². The number of ether oxygens (including phenoxy) is 1. The van der Waals surface area contributed by atoms with Crippen molar-refractivity contribution in [2.24, 2.45) is 0 Å². The summed E-state index contributed by atoms with van der Waals surface area (Å²) in [6, 6.07) is 8.89. The summed E-state index contributed by atoms with van der Waals surface area (Å²) >= 11 is 0. The molecule has 0 saturated carbocycles. The number of alkyl halides is 3. The van der Waals surface area contributed by atoms with E-state index in [1.54, 1.807) is 18.2 Å². The number of benzene rings is 2. The Labute approximate surface area is 169 Å². The van der Waals surface area contributed by atoms with E-state index in [-0.39, 0.29) is 18.3 Å². The van der Waals surface area contributed by atoms with Crippen LogP contribution in [0.1, 0.15) is 18.1 Å². The molecule has 3 aromatic rings. The van der Waals surface area contributed by atoms with Crippen LogP contribution in [0.3, 0.4) is 0 Å². The van der Waals surface area contributed by atoms with Gasteiger partial charge < -0.3 is 20.4 Å². The first kappa shape index (κ1) is 21.2. The predicted molar refractivity (Wildman–Crippen MR) is 105 cm³/mol. The molecule has 158 valence electrons. The third kappa shape index (κ3) is 4.88. The number of aromatic amines is 1. The first-order valence-corrected chi connectivity index (χ1v) is 8.94. The number of para-hydroxylation sites is 1. The molecule has 0 spiro atoms. The van der Waals surface area contributed by atoms with E-state index < -0.39 is 23.8 Å². The summed E-state index contributed by atoms with van der Waals surface area (Å²) in [4.78, 5) is 30.9. The van der Waals surface area contributed by atoms with E-state index in [0.29, 0.717) is 22.3 Å². The zero-order chi connectivity index (χ0) is 21.9. The Balaban J connectivity index is 1.87. The molecule has 1 atom stereocenters. The summed E-state index contributed by atoms with van der Waals surface area (Å²) < 4.78 is 43.7. The second kappa shape index (κ2) is 8.44. The van der Waals surface area contributed by atoms with Crippen LogP contribution in [-0.4, -0.2) is 35.0 Å². The summed E-state index contributed by atoms with van der Waals surface area (Å²) in [5.41, 5.74) is 1.07. The van der Waals surface area contributed by atoms with Gasteiger partial charge >= 0.3 is 12.1 Å². The molecule has 1 amide bonds. The maximum absolute atomic E-state index is 13.0. The van der Waals surface area contributed by atoms with Crippen LogP contribution in [0.4, 0.5) is 24.8 Å². The van der Waals surface area contributed by atoms with Crippen molar-refractivity contribution in [1.29, 1.82) is 0 Å². The van der Waals surface area contributed by atoms with Gasteiger partial charge in [-0.25, -0.2) is 9.78 Å². The molecule has 3 rings (SSSR count). The standard InChI is InChI=1S/C20H19F3N4O3/c1-11(28)24-14-7-4-8-15-17(14)27-19(25-15)26-16(18(29)30-2)10-12-5-3-6-13(9-12)20(21,22)23/h3-9,16H,10H2,1-2H3,(H,24,28)(H2,25,26,27). The number of hydrogen-bond acceptors (Lipinski definition) is 5. The highest BCUT2D eigenvalue weighted by atomic mass is 19.4. The van der Waals surface area contributed by atoms with Crippen LogP contribution in [-0.2, 0) is 26.9 Å². The number of hydrogen-bond donors (Lipinski definition) is 3. The van der Waals surface area contributed by atoms with Crippen molar-refractivity contribution < 1.29 is 27.5 Å². The van der Waals surface area contributed by atoms with E-state index in [1.165, 1.54) is 26.2 Å². The van der Waals surface area contributed by atoms with Crippen LogP contribution in [0.5, 0.6) is 0 Å². The van der Waals surface area contributed by atoms with Gasteiger partial charge in [0.05, 0.1) is 23.9 Å². The SMILES string of the molecule is COC(=O)C(Cc1cccc(C(F)(F)F)c1)Nc1nc2c(NC(C)=O)cccc2[nH]1. The van der Waals surface area contributed by atoms with Crippen LogP contribution < -0.4 is 10.6 Å². The number of nitrogens with one attached hydrogen (secondary N) is 3. The monoisotopic (exact) mass is 420 g/mol. The van der Waals surface area contributed by atoms with Crippen molar-refractivity contribution in [3.05, 3.63) is 53.6 Å². The Morgan fingerprint density at radius 3 is 2.60 bits per heavy atom. The number of fused-ring (bicyclic) bond motifs is 1. The second-order valence-corrected chi connectivity index (χ2v) is 6.59. The molecule has 7 nitrogen and oxygen atoms in total. The molecule has 3 N–H and O–H groups in total. The molecule has 30 heavy (non-hydrogen) atoms. The molecule has 0 fully saturated rings. The van der Waals surface area contributed by atoms with Gasteiger partial charge in [-0.2, -0.15) is 13.2 Å². The molecule has 0 radical (unpaired) electrons. The van der Waals surface area contributed by atoms with E-state index in [4.69, 9.17) is 4.74 Å². The molecule has 0 aliphatic rings. The molecule has 10 heteroatoms. The Morgan fingerprint density at radius 2 is 1.93 bits per heavy atom. The summed E-state index contributed by atoms with van der Waals surface area (Å²) in [5, 5.41) is 5.53. The fourth-order valence-electron chi connectivity index (χ4n) is 3.00. The third-order valence-electron chi connectivity index (χ3n) is 4.31. The Bertz CT molecular complexity index is 1080. The number of methoxy groups -OCH3 is 1. The van der Waals surface area contributed by atoms with Crippen molar-refractivity contribution in [2.45, 2.75) is 25.6 Å². The summed E-state index contributed by atoms with van der Waals surface area (Å²) in [5.74, 6) is -0.711. The van der Waals surface area contributed by atoms with Gasteiger partial charge in [-0.05, 0) is 23.8 Å². The topological polar surface area (TPSA) is 96.1 Å². The second-order valence-electron chi connectivity index (χ2n) is 6.59. The zero-order valence-corrected chi connectivity index (χ0v) is 16.1. The lowest BCUT2D eigenvalue weighted by atomic mass is 10.0. The normalized spacial score (nSPS) is 12.4. The fourth-order valence-corrected chi connectivity index (χ4v) is 3.00. The minimum Gasteiger partial charge on any atom is -0.467 e. The number of carbonyl (C=O) groups is 2. The Morgan fingerprint density at radius 1 is 1.20 bits per heavy atom. The molecule has 2 aromatic carbocycles. The molecule has 0 aliphatic carbocycles. The molecule has 1 heterocycles. The number of imidazole rings is 1. The van der Waals surface area contributed by atoms with Gasteiger partial charge in [-0.15, -0.1) is 0 Å². The van der Waals surface area contributed by atoms with Gasteiger partial charge in [-0.3, -0.25) is 4.79 Å². The highest BCUT2D eigenvalue weighted by Crippen LogP contribution is 2.30. The van der Waals surface area contributed by atoms with Gasteiger partial charge in [0.15, 0.2) is 0 Å². The molecule has 0 saturated heterocycles.